The molecule has 0 aliphatic carbocycles. The van der Waals surface area contributed by atoms with Gasteiger partial charge in [-0.2, -0.15) is 5.10 Å². The van der Waals surface area contributed by atoms with E-state index in [1.165, 1.54) is 0 Å². The molecule has 0 aromatic heterocycles. The SMILES string of the molecule is CN1CC(=O)C(c2ccc(NS(C)(=O)=O)cc2)=N1. The molecule has 0 unspecified atom stereocenters. The van der Waals surface area contributed by atoms with Crippen molar-refractivity contribution in [1.82, 2.24) is 5.01 Å². The van der Waals surface area contributed by atoms with E-state index in [2.05, 4.69) is 9.82 Å². The largest absolute Gasteiger partial charge is 0.292 e. The molecule has 96 valence electrons. The third kappa shape index (κ3) is 2.86. The van der Waals surface area contributed by atoms with Crippen molar-refractivity contribution >= 4 is 27.2 Å². The van der Waals surface area contributed by atoms with Crippen LogP contribution in [0.1, 0.15) is 5.56 Å². The summed E-state index contributed by atoms with van der Waals surface area (Å²) in [7, 11) is -1.56. The average Bonchev–Trinajstić information content (AvgIpc) is 2.57. The van der Waals surface area contributed by atoms with Crippen molar-refractivity contribution in [3.05, 3.63) is 29.8 Å². The van der Waals surface area contributed by atoms with E-state index in [1.54, 1.807) is 36.3 Å². The van der Waals surface area contributed by atoms with Gasteiger partial charge in [-0.3, -0.25) is 14.5 Å². The summed E-state index contributed by atoms with van der Waals surface area (Å²) in [5.41, 5.74) is 1.55. The molecule has 0 fully saturated rings. The zero-order chi connectivity index (χ0) is 13.3. The number of benzene rings is 1. The molecule has 6 nitrogen and oxygen atoms in total. The van der Waals surface area contributed by atoms with Gasteiger partial charge in [-0.05, 0) is 12.1 Å². The fraction of sp³-hybridized carbons (Fsp3) is 0.273. The number of hydrogen-bond donors (Lipinski definition) is 1. The number of likely N-dealkylation sites (N-methyl/N-ethyl adjacent to an activating group) is 1. The standard InChI is InChI=1S/C11H13N3O3S/c1-14-7-10(15)11(12-14)8-3-5-9(6-4-8)13-18(2,16)17/h3-6,13H,7H2,1-2H3. The summed E-state index contributed by atoms with van der Waals surface area (Å²) in [5, 5.41) is 5.68. The van der Waals surface area contributed by atoms with Gasteiger partial charge in [0.25, 0.3) is 0 Å². The summed E-state index contributed by atoms with van der Waals surface area (Å²) in [6, 6.07) is 6.54. The molecule has 0 atom stereocenters. The van der Waals surface area contributed by atoms with Crippen molar-refractivity contribution in [2.45, 2.75) is 0 Å². The lowest BCUT2D eigenvalue weighted by Crippen LogP contribution is -2.16. The molecule has 0 radical (unpaired) electrons. The van der Waals surface area contributed by atoms with Gasteiger partial charge in [0.15, 0.2) is 0 Å². The van der Waals surface area contributed by atoms with Crippen molar-refractivity contribution in [2.75, 3.05) is 24.6 Å². The van der Waals surface area contributed by atoms with Crippen molar-refractivity contribution in [3.63, 3.8) is 0 Å². The average molecular weight is 267 g/mol. The van der Waals surface area contributed by atoms with Crippen molar-refractivity contribution < 1.29 is 13.2 Å². The molecule has 0 saturated heterocycles. The lowest BCUT2D eigenvalue weighted by molar-refractivity contribution is -0.112. The molecule has 0 bridgehead atoms. The molecule has 1 N–H and O–H groups in total. The fourth-order valence-electron chi connectivity index (χ4n) is 1.67. The zero-order valence-electron chi connectivity index (χ0n) is 10.0. The number of carbonyl (C=O) groups excluding carboxylic acids is 1. The Labute approximate surface area is 105 Å². The second-order valence-electron chi connectivity index (χ2n) is 4.14. The number of nitrogens with zero attached hydrogens (tertiary/aromatic N) is 2. The van der Waals surface area contributed by atoms with Crippen LogP contribution in [-0.4, -0.2) is 44.8 Å². The van der Waals surface area contributed by atoms with Gasteiger partial charge in [-0.25, -0.2) is 8.42 Å². The lowest BCUT2D eigenvalue weighted by atomic mass is 10.1. The Hall–Kier alpha value is -1.89. The highest BCUT2D eigenvalue weighted by Gasteiger charge is 2.22. The van der Waals surface area contributed by atoms with Gasteiger partial charge in [0, 0.05) is 18.3 Å². The maximum Gasteiger partial charge on any atom is 0.229 e. The van der Waals surface area contributed by atoms with Crippen LogP contribution in [-0.2, 0) is 14.8 Å². The van der Waals surface area contributed by atoms with E-state index in [-0.39, 0.29) is 12.3 Å². The van der Waals surface area contributed by atoms with Crippen LogP contribution < -0.4 is 4.72 Å². The van der Waals surface area contributed by atoms with Gasteiger partial charge >= 0.3 is 0 Å². The first-order valence-electron chi connectivity index (χ1n) is 5.26. The van der Waals surface area contributed by atoms with Crippen LogP contribution in [0.25, 0.3) is 0 Å². The molecule has 18 heavy (non-hydrogen) atoms. The molecule has 1 aliphatic rings. The van der Waals surface area contributed by atoms with Crippen LogP contribution in [0.3, 0.4) is 0 Å². The molecule has 1 heterocycles. The van der Waals surface area contributed by atoms with Gasteiger partial charge in [0.05, 0.1) is 6.26 Å². The van der Waals surface area contributed by atoms with Crippen LogP contribution in [0.4, 0.5) is 5.69 Å². The second kappa shape index (κ2) is 4.41. The molecule has 1 aromatic rings. The molecule has 0 amide bonds. The number of hydrogen-bond acceptors (Lipinski definition) is 5. The monoisotopic (exact) mass is 267 g/mol. The topological polar surface area (TPSA) is 78.8 Å². The van der Waals surface area contributed by atoms with Gasteiger partial charge < -0.3 is 0 Å². The molecule has 1 aromatic carbocycles. The van der Waals surface area contributed by atoms with Gasteiger partial charge in [0.1, 0.15) is 12.3 Å². The maximum absolute atomic E-state index is 11.6. The van der Waals surface area contributed by atoms with Crippen molar-refractivity contribution in [1.29, 1.82) is 0 Å². The summed E-state index contributed by atoms with van der Waals surface area (Å²) in [6.45, 7) is 0.276. The Kier molecular flexibility index (Phi) is 3.08. The number of sulfonamides is 1. The molecular formula is C11H13N3O3S. The van der Waals surface area contributed by atoms with E-state index in [9.17, 15) is 13.2 Å². The predicted molar refractivity (Wildman–Crippen MR) is 69.1 cm³/mol. The number of ketones is 1. The summed E-state index contributed by atoms with van der Waals surface area (Å²) >= 11 is 0. The smallest absolute Gasteiger partial charge is 0.229 e. The van der Waals surface area contributed by atoms with Crippen molar-refractivity contribution in [3.8, 4) is 0 Å². The van der Waals surface area contributed by atoms with E-state index in [1.807, 2.05) is 0 Å². The van der Waals surface area contributed by atoms with Crippen molar-refractivity contribution in [2.24, 2.45) is 5.10 Å². The Morgan fingerprint density at radius 2 is 1.89 bits per heavy atom. The molecule has 2 rings (SSSR count). The normalized spacial score (nSPS) is 15.8. The lowest BCUT2D eigenvalue weighted by Gasteiger charge is -2.04. The first-order valence-corrected chi connectivity index (χ1v) is 7.15. The summed E-state index contributed by atoms with van der Waals surface area (Å²) in [5.74, 6) is -0.0404. The number of nitrogens with one attached hydrogen (secondary N) is 1. The van der Waals surface area contributed by atoms with E-state index < -0.39 is 10.0 Å². The van der Waals surface area contributed by atoms with E-state index in [0.29, 0.717) is 17.0 Å². The highest BCUT2D eigenvalue weighted by atomic mass is 32.2. The number of carbonyl (C=O) groups is 1. The first-order chi connectivity index (χ1) is 8.35. The molecule has 1 aliphatic heterocycles. The Morgan fingerprint density at radius 3 is 2.33 bits per heavy atom. The number of Topliss-reactive ketones (excluding diaryl/α,β-unsaturated/α-hetero) is 1. The summed E-state index contributed by atoms with van der Waals surface area (Å²) in [6.07, 6.45) is 1.08. The highest BCUT2D eigenvalue weighted by molar-refractivity contribution is 7.92. The molecule has 0 saturated carbocycles. The first kappa shape index (κ1) is 12.6. The van der Waals surface area contributed by atoms with E-state index in [4.69, 9.17) is 0 Å². The number of hydrazone groups is 1. The van der Waals surface area contributed by atoms with Crippen LogP contribution in [0, 0.1) is 0 Å². The van der Waals surface area contributed by atoms with Crippen LogP contribution in [0.2, 0.25) is 0 Å². The van der Waals surface area contributed by atoms with E-state index in [0.717, 1.165) is 6.26 Å². The van der Waals surface area contributed by atoms with Gasteiger partial charge in [-0.1, -0.05) is 12.1 Å². The summed E-state index contributed by atoms with van der Waals surface area (Å²) in [4.78, 5) is 11.6. The predicted octanol–water partition coefficient (Wildman–Crippen LogP) is 0.277. The minimum Gasteiger partial charge on any atom is -0.292 e. The number of rotatable bonds is 3. The third-order valence-corrected chi connectivity index (χ3v) is 2.98. The van der Waals surface area contributed by atoms with E-state index >= 15 is 0 Å². The number of anilines is 1. The Balaban J connectivity index is 2.23. The van der Waals surface area contributed by atoms with Crippen LogP contribution >= 0.6 is 0 Å². The third-order valence-electron chi connectivity index (χ3n) is 2.37. The molecule has 7 heteroatoms. The minimum absolute atomic E-state index is 0.0404. The summed E-state index contributed by atoms with van der Waals surface area (Å²) < 4.78 is 24.4. The Bertz CT molecular complexity index is 605. The van der Waals surface area contributed by atoms with Gasteiger partial charge in [-0.15, -0.1) is 0 Å². The highest BCUT2D eigenvalue weighted by Crippen LogP contribution is 2.14. The second-order valence-corrected chi connectivity index (χ2v) is 5.89. The van der Waals surface area contributed by atoms with Gasteiger partial charge in [0.2, 0.25) is 15.8 Å². The quantitative estimate of drug-likeness (QED) is 0.853. The zero-order valence-corrected chi connectivity index (χ0v) is 10.9. The fourth-order valence-corrected chi connectivity index (χ4v) is 2.24. The maximum atomic E-state index is 11.6. The Morgan fingerprint density at radius 1 is 1.28 bits per heavy atom. The molecular weight excluding hydrogens is 254 g/mol. The van der Waals surface area contributed by atoms with Crippen LogP contribution in [0.15, 0.2) is 29.4 Å². The van der Waals surface area contributed by atoms with Crippen LogP contribution in [0.5, 0.6) is 0 Å². The minimum atomic E-state index is -3.28. The molecule has 0 spiro atoms.